The van der Waals surface area contributed by atoms with E-state index in [-0.39, 0.29) is 19.3 Å². The Morgan fingerprint density at radius 3 is 2.90 bits per heavy atom. The molecule has 2 aromatic carbocycles. The Morgan fingerprint density at radius 1 is 1.17 bits per heavy atom. The first-order chi connectivity index (χ1) is 14.1. The largest absolute Gasteiger partial charge is 0.497 e. The van der Waals surface area contributed by atoms with Gasteiger partial charge in [0.05, 0.1) is 7.11 Å². The average molecular weight is 395 g/mol. The molecule has 0 radical (unpaired) electrons. The maximum absolute atomic E-state index is 11.9. The molecular weight excluding hydrogens is 374 g/mol. The first-order valence-electron chi connectivity index (χ1n) is 9.29. The van der Waals surface area contributed by atoms with Crippen molar-refractivity contribution in [3.05, 3.63) is 59.8 Å². The fraction of sp³-hybridized carbons (Fsp3) is 0.273. The summed E-state index contributed by atoms with van der Waals surface area (Å²) in [7, 11) is 1.57. The second-order valence-electron chi connectivity index (χ2n) is 6.77. The lowest BCUT2D eigenvalue weighted by atomic mass is 10.1. The molecule has 0 fully saturated rings. The lowest BCUT2D eigenvalue weighted by Crippen LogP contribution is -2.14. The Morgan fingerprint density at radius 2 is 2.03 bits per heavy atom. The Hall–Kier alpha value is -3.48. The van der Waals surface area contributed by atoms with Gasteiger partial charge in [0.2, 0.25) is 0 Å². The number of carbonyl (C=O) groups excluding carboxylic acids is 1. The molecule has 3 aromatic rings. The van der Waals surface area contributed by atoms with Crippen LogP contribution in [0.15, 0.2) is 53.1 Å². The van der Waals surface area contributed by atoms with E-state index in [2.05, 4.69) is 5.16 Å². The van der Waals surface area contributed by atoms with Gasteiger partial charge in [-0.05, 0) is 42.8 Å². The number of hydrogen-bond acceptors (Lipinski definition) is 7. The summed E-state index contributed by atoms with van der Waals surface area (Å²) < 4.78 is 26.8. The van der Waals surface area contributed by atoms with Gasteiger partial charge < -0.3 is 23.5 Å². The van der Waals surface area contributed by atoms with Crippen LogP contribution in [0, 0.1) is 0 Å². The quantitative estimate of drug-likeness (QED) is 0.563. The molecule has 1 atom stereocenters. The van der Waals surface area contributed by atoms with Crippen LogP contribution in [0.25, 0.3) is 11.3 Å². The van der Waals surface area contributed by atoms with Gasteiger partial charge in [-0.15, -0.1) is 0 Å². The van der Waals surface area contributed by atoms with Gasteiger partial charge >= 0.3 is 5.97 Å². The summed E-state index contributed by atoms with van der Waals surface area (Å²) in [6.45, 7) is 1.84. The minimum absolute atomic E-state index is 0.00882. The first-order valence-corrected chi connectivity index (χ1v) is 9.29. The van der Waals surface area contributed by atoms with E-state index in [9.17, 15) is 4.79 Å². The second-order valence-corrected chi connectivity index (χ2v) is 6.77. The van der Waals surface area contributed by atoms with Gasteiger partial charge in [0.15, 0.2) is 12.4 Å². The van der Waals surface area contributed by atoms with Gasteiger partial charge in [0.25, 0.3) is 0 Å². The summed E-state index contributed by atoms with van der Waals surface area (Å²) in [5, 5.41) is 3.97. The highest BCUT2D eigenvalue weighted by atomic mass is 16.6. The van der Waals surface area contributed by atoms with E-state index in [0.717, 1.165) is 23.3 Å². The van der Waals surface area contributed by atoms with E-state index in [1.54, 1.807) is 37.4 Å². The van der Waals surface area contributed by atoms with Crippen molar-refractivity contribution >= 4 is 5.97 Å². The van der Waals surface area contributed by atoms with Crippen LogP contribution in [0.5, 0.6) is 17.2 Å². The predicted molar refractivity (Wildman–Crippen MR) is 104 cm³/mol. The SMILES string of the molecule is COc1cccc(OCC(=O)OCc2cc(-c3ccc4c(c3)CC(C)O4)on2)c1. The number of benzene rings is 2. The third-order valence-electron chi connectivity index (χ3n) is 4.52. The van der Waals surface area contributed by atoms with Gasteiger partial charge in [-0.1, -0.05) is 11.2 Å². The van der Waals surface area contributed by atoms with Crippen molar-refractivity contribution in [3.8, 4) is 28.6 Å². The van der Waals surface area contributed by atoms with Gasteiger partial charge in [-0.2, -0.15) is 0 Å². The lowest BCUT2D eigenvalue weighted by Gasteiger charge is -2.07. The molecular formula is C22H21NO6. The van der Waals surface area contributed by atoms with Crippen LogP contribution in [0.2, 0.25) is 0 Å². The van der Waals surface area contributed by atoms with Gasteiger partial charge in [0, 0.05) is 24.1 Å². The van der Waals surface area contributed by atoms with Gasteiger partial charge in [0.1, 0.15) is 35.7 Å². The highest BCUT2D eigenvalue weighted by Crippen LogP contribution is 2.33. The van der Waals surface area contributed by atoms with Crippen LogP contribution in [-0.4, -0.2) is 30.9 Å². The molecule has 1 aliphatic rings. The van der Waals surface area contributed by atoms with Crippen LogP contribution < -0.4 is 14.2 Å². The standard InChI is InChI=1S/C22H21NO6/c1-14-8-16-9-15(6-7-20(16)28-14)21-10-17(23-29-21)12-27-22(24)13-26-19-5-3-4-18(11-19)25-2/h3-7,9-11,14H,8,12-13H2,1-2H3. The number of rotatable bonds is 7. The molecule has 2 heterocycles. The summed E-state index contributed by atoms with van der Waals surface area (Å²) in [6, 6.07) is 14.7. The summed E-state index contributed by atoms with van der Waals surface area (Å²) >= 11 is 0. The summed E-state index contributed by atoms with van der Waals surface area (Å²) in [6.07, 6.45) is 1.05. The minimum Gasteiger partial charge on any atom is -0.497 e. The molecule has 0 N–H and O–H groups in total. The molecule has 0 amide bonds. The average Bonchev–Trinajstić information content (AvgIpc) is 3.35. The third-order valence-corrected chi connectivity index (χ3v) is 4.52. The van der Waals surface area contributed by atoms with Crippen LogP contribution in [0.3, 0.4) is 0 Å². The minimum atomic E-state index is -0.499. The first kappa shape index (κ1) is 18.9. The smallest absolute Gasteiger partial charge is 0.344 e. The molecule has 4 rings (SSSR count). The van der Waals surface area contributed by atoms with Crippen LogP contribution in [0.1, 0.15) is 18.2 Å². The molecule has 29 heavy (non-hydrogen) atoms. The molecule has 1 aliphatic heterocycles. The van der Waals surface area contributed by atoms with Gasteiger partial charge in [-0.3, -0.25) is 0 Å². The highest BCUT2D eigenvalue weighted by molar-refractivity contribution is 5.71. The van der Waals surface area contributed by atoms with Crippen molar-refractivity contribution in [2.24, 2.45) is 0 Å². The number of hydrogen-bond donors (Lipinski definition) is 0. The number of nitrogens with zero attached hydrogens (tertiary/aromatic N) is 1. The fourth-order valence-electron chi connectivity index (χ4n) is 3.12. The van der Waals surface area contributed by atoms with Crippen LogP contribution in [0.4, 0.5) is 0 Å². The zero-order valence-corrected chi connectivity index (χ0v) is 16.2. The molecule has 0 spiro atoms. The van der Waals surface area contributed by atoms with E-state index in [1.807, 2.05) is 25.1 Å². The normalized spacial score (nSPS) is 14.8. The van der Waals surface area contributed by atoms with E-state index < -0.39 is 5.97 Å². The number of fused-ring (bicyclic) bond motifs is 1. The highest BCUT2D eigenvalue weighted by Gasteiger charge is 2.20. The van der Waals surface area contributed by atoms with Crippen molar-refractivity contribution in [1.82, 2.24) is 5.16 Å². The maximum Gasteiger partial charge on any atom is 0.344 e. The zero-order valence-electron chi connectivity index (χ0n) is 16.2. The maximum atomic E-state index is 11.9. The molecule has 0 bridgehead atoms. The summed E-state index contributed by atoms with van der Waals surface area (Å²) in [4.78, 5) is 11.9. The van der Waals surface area contributed by atoms with E-state index in [1.165, 1.54) is 0 Å². The Kier molecular flexibility index (Phi) is 5.37. The van der Waals surface area contributed by atoms with Crippen molar-refractivity contribution in [1.29, 1.82) is 0 Å². The Balaban J connectivity index is 1.30. The number of aromatic nitrogens is 1. The molecule has 150 valence electrons. The molecule has 7 nitrogen and oxygen atoms in total. The van der Waals surface area contributed by atoms with Crippen molar-refractivity contribution in [3.63, 3.8) is 0 Å². The fourth-order valence-corrected chi connectivity index (χ4v) is 3.12. The van der Waals surface area contributed by atoms with Crippen molar-refractivity contribution < 1.29 is 28.3 Å². The number of ether oxygens (including phenoxy) is 4. The molecule has 1 aromatic heterocycles. The van der Waals surface area contributed by atoms with Crippen molar-refractivity contribution in [2.45, 2.75) is 26.1 Å². The lowest BCUT2D eigenvalue weighted by molar-refractivity contribution is -0.147. The summed E-state index contributed by atoms with van der Waals surface area (Å²) in [5.41, 5.74) is 2.59. The molecule has 0 aliphatic carbocycles. The Labute approximate surface area is 168 Å². The molecule has 1 unspecified atom stereocenters. The predicted octanol–water partition coefficient (Wildman–Crippen LogP) is 3.80. The second kappa shape index (κ2) is 8.26. The van der Waals surface area contributed by atoms with Crippen LogP contribution >= 0.6 is 0 Å². The van der Waals surface area contributed by atoms with E-state index >= 15 is 0 Å². The topological polar surface area (TPSA) is 80.0 Å². The van der Waals surface area contributed by atoms with E-state index in [4.69, 9.17) is 23.5 Å². The monoisotopic (exact) mass is 395 g/mol. The number of esters is 1. The molecule has 7 heteroatoms. The molecule has 0 saturated heterocycles. The Bertz CT molecular complexity index is 1010. The number of methoxy groups -OCH3 is 1. The van der Waals surface area contributed by atoms with Crippen molar-refractivity contribution in [2.75, 3.05) is 13.7 Å². The van der Waals surface area contributed by atoms with Crippen LogP contribution in [-0.2, 0) is 22.6 Å². The van der Waals surface area contributed by atoms with Gasteiger partial charge in [-0.25, -0.2) is 4.79 Å². The van der Waals surface area contributed by atoms with E-state index in [0.29, 0.717) is 23.0 Å². The molecule has 0 saturated carbocycles. The summed E-state index contributed by atoms with van der Waals surface area (Å²) in [5.74, 6) is 2.21. The third kappa shape index (κ3) is 4.51. The zero-order chi connectivity index (χ0) is 20.2. The number of carbonyl (C=O) groups is 1.